The predicted molar refractivity (Wildman–Crippen MR) is 105 cm³/mol. The monoisotopic (exact) mass is 409 g/mol. The van der Waals surface area contributed by atoms with Crippen LogP contribution in [0.1, 0.15) is 21.7 Å². The van der Waals surface area contributed by atoms with Crippen LogP contribution in [0.3, 0.4) is 0 Å². The van der Waals surface area contributed by atoms with Crippen molar-refractivity contribution >= 4 is 30.0 Å². The Balaban J connectivity index is 0.00000261. The van der Waals surface area contributed by atoms with Crippen molar-refractivity contribution in [2.75, 3.05) is 6.54 Å². The summed E-state index contributed by atoms with van der Waals surface area (Å²) < 4.78 is 19.3. The zero-order valence-electron chi connectivity index (χ0n) is 14.2. The fourth-order valence-electron chi connectivity index (χ4n) is 2.60. The van der Waals surface area contributed by atoms with Gasteiger partial charge in [-0.3, -0.25) is 0 Å². The van der Waals surface area contributed by atoms with E-state index in [4.69, 9.17) is 21.1 Å². The first-order chi connectivity index (χ1) is 12.5. The molecule has 0 fully saturated rings. The smallest absolute Gasteiger partial charge is 0.335 e. The van der Waals surface area contributed by atoms with Crippen LogP contribution in [0.4, 0.5) is 4.39 Å². The summed E-state index contributed by atoms with van der Waals surface area (Å²) in [5.74, 6) is -0.0404. The molecule has 0 amide bonds. The Morgan fingerprint density at radius 3 is 2.67 bits per heavy atom. The van der Waals surface area contributed by atoms with Crippen LogP contribution in [0.25, 0.3) is 11.3 Å². The Bertz CT molecular complexity index is 927. The van der Waals surface area contributed by atoms with E-state index in [1.165, 1.54) is 24.3 Å². The molecule has 0 atom stereocenters. The molecule has 3 rings (SSSR count). The number of hydrogen-bond donors (Lipinski definition) is 2. The minimum absolute atomic E-state index is 0. The Morgan fingerprint density at radius 2 is 1.93 bits per heavy atom. The van der Waals surface area contributed by atoms with Crippen LogP contribution < -0.4 is 5.32 Å². The summed E-state index contributed by atoms with van der Waals surface area (Å²) >= 11 is 6.15. The Hall–Kier alpha value is -2.34. The van der Waals surface area contributed by atoms with E-state index in [-0.39, 0.29) is 23.8 Å². The highest BCUT2D eigenvalue weighted by Gasteiger charge is 2.12. The standard InChI is InChI=1S/C20H17ClFNO3.ClH/c21-17-7-5-14(20(24)25)11-16(17)19-8-6-15(26-19)12-23-10-9-13-3-1-2-4-18(13)22;/h1-8,11,23H,9-10,12H2,(H,24,25);1H. The number of halogens is 3. The fraction of sp³-hybridized carbons (Fsp3) is 0.150. The third kappa shape index (κ3) is 5.32. The van der Waals surface area contributed by atoms with Crippen molar-refractivity contribution in [3.05, 3.63) is 82.3 Å². The number of hydrogen-bond acceptors (Lipinski definition) is 3. The molecule has 0 aliphatic heterocycles. The van der Waals surface area contributed by atoms with Gasteiger partial charge in [0, 0.05) is 5.56 Å². The number of nitrogens with one attached hydrogen (secondary N) is 1. The molecule has 27 heavy (non-hydrogen) atoms. The molecule has 1 heterocycles. The SMILES string of the molecule is Cl.O=C(O)c1ccc(Cl)c(-c2ccc(CNCCc3ccccc3F)o2)c1. The van der Waals surface area contributed by atoms with Gasteiger partial charge in [0.15, 0.2) is 0 Å². The molecule has 0 aliphatic carbocycles. The zero-order valence-corrected chi connectivity index (χ0v) is 15.8. The molecular weight excluding hydrogens is 392 g/mol. The summed E-state index contributed by atoms with van der Waals surface area (Å²) in [5, 5.41) is 12.7. The van der Waals surface area contributed by atoms with Gasteiger partial charge in [0.25, 0.3) is 0 Å². The summed E-state index contributed by atoms with van der Waals surface area (Å²) in [6, 6.07) is 14.7. The van der Waals surface area contributed by atoms with Crippen LogP contribution in [0.5, 0.6) is 0 Å². The molecule has 0 saturated heterocycles. The molecule has 0 unspecified atom stereocenters. The summed E-state index contributed by atoms with van der Waals surface area (Å²) in [5.41, 5.74) is 1.34. The number of furan rings is 1. The zero-order chi connectivity index (χ0) is 18.5. The molecule has 0 spiro atoms. The summed E-state index contributed by atoms with van der Waals surface area (Å²) in [6.45, 7) is 1.08. The number of benzene rings is 2. The molecule has 0 saturated carbocycles. The molecule has 0 radical (unpaired) electrons. The van der Waals surface area contributed by atoms with Crippen molar-refractivity contribution in [3.63, 3.8) is 0 Å². The van der Waals surface area contributed by atoms with E-state index in [9.17, 15) is 9.18 Å². The van der Waals surface area contributed by atoms with Gasteiger partial charge >= 0.3 is 5.97 Å². The Kier molecular flexibility index (Phi) is 7.42. The highest BCUT2D eigenvalue weighted by atomic mass is 35.5. The van der Waals surface area contributed by atoms with Crippen molar-refractivity contribution in [3.8, 4) is 11.3 Å². The minimum atomic E-state index is -1.02. The number of carboxylic acid groups (broad SMARTS) is 1. The van der Waals surface area contributed by atoms with Crippen molar-refractivity contribution < 1.29 is 18.7 Å². The number of aromatic carboxylic acids is 1. The van der Waals surface area contributed by atoms with E-state index >= 15 is 0 Å². The third-order valence-corrected chi connectivity index (χ3v) is 4.30. The van der Waals surface area contributed by atoms with Crippen LogP contribution in [0.15, 0.2) is 59.0 Å². The van der Waals surface area contributed by atoms with Gasteiger partial charge in [0.2, 0.25) is 0 Å². The van der Waals surface area contributed by atoms with Crippen LogP contribution in [0, 0.1) is 5.82 Å². The average molecular weight is 410 g/mol. The van der Waals surface area contributed by atoms with E-state index in [1.807, 2.05) is 6.07 Å². The maximum Gasteiger partial charge on any atom is 0.335 e. The number of carboxylic acids is 1. The molecule has 2 aromatic carbocycles. The molecule has 142 valence electrons. The summed E-state index contributed by atoms with van der Waals surface area (Å²) in [7, 11) is 0. The number of carbonyl (C=O) groups is 1. The maximum atomic E-state index is 13.6. The lowest BCUT2D eigenvalue weighted by molar-refractivity contribution is 0.0697. The van der Waals surface area contributed by atoms with Crippen molar-refractivity contribution in [1.29, 1.82) is 0 Å². The topological polar surface area (TPSA) is 62.5 Å². The second kappa shape index (κ2) is 9.55. The predicted octanol–water partition coefficient (Wildman–Crippen LogP) is 5.19. The van der Waals surface area contributed by atoms with Crippen molar-refractivity contribution in [2.24, 2.45) is 0 Å². The normalized spacial score (nSPS) is 10.4. The fourth-order valence-corrected chi connectivity index (χ4v) is 2.81. The van der Waals surface area contributed by atoms with Crippen LogP contribution >= 0.6 is 24.0 Å². The van der Waals surface area contributed by atoms with Gasteiger partial charge in [-0.05, 0) is 54.9 Å². The van der Waals surface area contributed by atoms with Gasteiger partial charge in [0.1, 0.15) is 17.3 Å². The van der Waals surface area contributed by atoms with Crippen LogP contribution in [-0.4, -0.2) is 17.6 Å². The first-order valence-electron chi connectivity index (χ1n) is 8.10. The van der Waals surface area contributed by atoms with E-state index in [0.29, 0.717) is 47.2 Å². The molecule has 0 aliphatic rings. The molecule has 4 nitrogen and oxygen atoms in total. The molecule has 3 aromatic rings. The maximum absolute atomic E-state index is 13.6. The van der Waals surface area contributed by atoms with E-state index in [0.717, 1.165) is 0 Å². The molecule has 2 N–H and O–H groups in total. The minimum Gasteiger partial charge on any atom is -0.478 e. The van der Waals surface area contributed by atoms with Gasteiger partial charge in [0.05, 0.1) is 17.1 Å². The lowest BCUT2D eigenvalue weighted by atomic mass is 10.1. The van der Waals surface area contributed by atoms with Crippen LogP contribution in [0.2, 0.25) is 5.02 Å². The van der Waals surface area contributed by atoms with Gasteiger partial charge < -0.3 is 14.8 Å². The summed E-state index contributed by atoms with van der Waals surface area (Å²) in [4.78, 5) is 11.1. The van der Waals surface area contributed by atoms with Gasteiger partial charge in [-0.15, -0.1) is 12.4 Å². The lowest BCUT2D eigenvalue weighted by Gasteiger charge is -2.05. The lowest BCUT2D eigenvalue weighted by Crippen LogP contribution is -2.16. The van der Waals surface area contributed by atoms with Gasteiger partial charge in [-0.25, -0.2) is 9.18 Å². The number of rotatable bonds is 7. The van der Waals surface area contributed by atoms with Gasteiger partial charge in [-0.1, -0.05) is 29.8 Å². The highest BCUT2D eigenvalue weighted by Crippen LogP contribution is 2.30. The van der Waals surface area contributed by atoms with E-state index in [2.05, 4.69) is 5.32 Å². The summed E-state index contributed by atoms with van der Waals surface area (Å²) in [6.07, 6.45) is 0.576. The molecular formula is C20H18Cl2FNO3. The quantitative estimate of drug-likeness (QED) is 0.526. The third-order valence-electron chi connectivity index (χ3n) is 3.97. The van der Waals surface area contributed by atoms with Gasteiger partial charge in [-0.2, -0.15) is 0 Å². The second-order valence-electron chi connectivity index (χ2n) is 5.78. The molecule has 0 bridgehead atoms. The van der Waals surface area contributed by atoms with Crippen molar-refractivity contribution in [2.45, 2.75) is 13.0 Å². The van der Waals surface area contributed by atoms with Crippen molar-refractivity contribution in [1.82, 2.24) is 5.32 Å². The van der Waals surface area contributed by atoms with Crippen LogP contribution in [-0.2, 0) is 13.0 Å². The Labute approximate surface area is 167 Å². The first-order valence-corrected chi connectivity index (χ1v) is 8.48. The van der Waals surface area contributed by atoms with E-state index in [1.54, 1.807) is 24.3 Å². The second-order valence-corrected chi connectivity index (χ2v) is 6.19. The highest BCUT2D eigenvalue weighted by molar-refractivity contribution is 6.33. The Morgan fingerprint density at radius 1 is 1.15 bits per heavy atom. The average Bonchev–Trinajstić information content (AvgIpc) is 3.09. The largest absolute Gasteiger partial charge is 0.478 e. The first kappa shape index (κ1) is 21.0. The molecule has 1 aromatic heterocycles. The van der Waals surface area contributed by atoms with E-state index < -0.39 is 5.97 Å². The molecule has 7 heteroatoms.